The summed E-state index contributed by atoms with van der Waals surface area (Å²) in [6.45, 7) is 0. The summed E-state index contributed by atoms with van der Waals surface area (Å²) < 4.78 is -3.29. The summed E-state index contributed by atoms with van der Waals surface area (Å²) in [5.41, 5.74) is 1.42. The largest absolute Gasteiger partial charge is 0.225 e. The van der Waals surface area contributed by atoms with Gasteiger partial charge in [0.2, 0.25) is 7.59 Å². The summed E-state index contributed by atoms with van der Waals surface area (Å²) in [4.78, 5) is 11.7. The number of rotatable bonds is 2. The molecule has 0 fully saturated rings. The molecule has 9 heteroatoms. The predicted molar refractivity (Wildman–Crippen MR) is 93.7 cm³/mol. The van der Waals surface area contributed by atoms with Crippen molar-refractivity contribution in [3.8, 4) is 0 Å². The molecular formula is C13H7Cl6N3. The van der Waals surface area contributed by atoms with Gasteiger partial charge >= 0.3 is 0 Å². The minimum Gasteiger partial charge on any atom is -0.225 e. The number of nitrogens with zero attached hydrogens (tertiary/aromatic N) is 3. The Balaban J connectivity index is 2.45. The Kier molecular flexibility index (Phi) is 5.81. The zero-order valence-electron chi connectivity index (χ0n) is 10.7. The fourth-order valence-corrected chi connectivity index (χ4v) is 2.47. The average Bonchev–Trinajstić information content (AvgIpc) is 2.44. The van der Waals surface area contributed by atoms with Crippen LogP contribution in [-0.2, 0) is 7.59 Å². The molecule has 1 aromatic carbocycles. The summed E-state index contributed by atoms with van der Waals surface area (Å²) in [5.74, 6) is 0.468. The first-order valence-electron chi connectivity index (χ1n) is 5.76. The number of hydrogen-bond acceptors (Lipinski definition) is 3. The van der Waals surface area contributed by atoms with Crippen molar-refractivity contribution in [2.24, 2.45) is 0 Å². The SMILES string of the molecule is ClC(Cl)(Cl)c1ccc(C=Cc2ncncn2)c(C(Cl)(Cl)Cl)c1. The third-order valence-electron chi connectivity index (χ3n) is 2.61. The summed E-state index contributed by atoms with van der Waals surface area (Å²) >= 11 is 35.6. The first kappa shape index (κ1) is 18.1. The Morgan fingerprint density at radius 1 is 0.818 bits per heavy atom. The fraction of sp³-hybridized carbons (Fsp3) is 0.154. The Morgan fingerprint density at radius 3 is 2.00 bits per heavy atom. The van der Waals surface area contributed by atoms with Crippen LogP contribution in [-0.4, -0.2) is 15.0 Å². The van der Waals surface area contributed by atoms with Gasteiger partial charge in [-0.1, -0.05) is 87.8 Å². The monoisotopic (exact) mass is 415 g/mol. The predicted octanol–water partition coefficient (Wildman–Crippen LogP) is 5.70. The van der Waals surface area contributed by atoms with Gasteiger partial charge in [0.05, 0.1) is 0 Å². The molecule has 0 atom stereocenters. The zero-order chi connectivity index (χ0) is 16.4. The fourth-order valence-electron chi connectivity index (χ4n) is 1.62. The van der Waals surface area contributed by atoms with Crippen molar-refractivity contribution in [3.63, 3.8) is 0 Å². The van der Waals surface area contributed by atoms with Gasteiger partial charge in [-0.2, -0.15) is 0 Å². The van der Waals surface area contributed by atoms with Crippen LogP contribution in [0.5, 0.6) is 0 Å². The highest BCUT2D eigenvalue weighted by Crippen LogP contribution is 2.45. The van der Waals surface area contributed by atoms with E-state index in [-0.39, 0.29) is 0 Å². The molecule has 0 N–H and O–H groups in total. The van der Waals surface area contributed by atoms with Crippen LogP contribution in [0.15, 0.2) is 30.9 Å². The number of hydrogen-bond donors (Lipinski definition) is 0. The van der Waals surface area contributed by atoms with E-state index >= 15 is 0 Å². The topological polar surface area (TPSA) is 38.7 Å². The van der Waals surface area contributed by atoms with Gasteiger partial charge in [0.15, 0.2) is 5.82 Å². The van der Waals surface area contributed by atoms with E-state index in [0.29, 0.717) is 22.5 Å². The van der Waals surface area contributed by atoms with E-state index in [1.54, 1.807) is 24.3 Å². The summed E-state index contributed by atoms with van der Waals surface area (Å²) in [6.07, 6.45) is 6.13. The van der Waals surface area contributed by atoms with E-state index < -0.39 is 7.59 Å². The minimum absolute atomic E-state index is 0.381. The van der Waals surface area contributed by atoms with Crippen LogP contribution >= 0.6 is 69.6 Å². The van der Waals surface area contributed by atoms with Crippen molar-refractivity contribution in [2.75, 3.05) is 0 Å². The molecule has 0 radical (unpaired) electrons. The molecule has 1 aromatic heterocycles. The van der Waals surface area contributed by atoms with Crippen molar-refractivity contribution in [1.82, 2.24) is 15.0 Å². The highest BCUT2D eigenvalue weighted by molar-refractivity contribution is 6.67. The highest BCUT2D eigenvalue weighted by Gasteiger charge is 2.30. The first-order chi connectivity index (χ1) is 10.2. The number of aromatic nitrogens is 3. The molecule has 0 aliphatic heterocycles. The molecule has 1 heterocycles. The van der Waals surface area contributed by atoms with Gasteiger partial charge in [-0.3, -0.25) is 0 Å². The van der Waals surface area contributed by atoms with E-state index in [9.17, 15) is 0 Å². The molecule has 2 aromatic rings. The molecule has 0 aliphatic rings. The van der Waals surface area contributed by atoms with Crippen LogP contribution in [0.1, 0.15) is 22.5 Å². The Labute approximate surface area is 157 Å². The van der Waals surface area contributed by atoms with Gasteiger partial charge in [0.25, 0.3) is 0 Å². The van der Waals surface area contributed by atoms with Crippen LogP contribution in [0.2, 0.25) is 0 Å². The van der Waals surface area contributed by atoms with Gasteiger partial charge in [0.1, 0.15) is 12.7 Å². The molecule has 0 spiro atoms. The van der Waals surface area contributed by atoms with Crippen LogP contribution in [0.3, 0.4) is 0 Å². The lowest BCUT2D eigenvalue weighted by Crippen LogP contribution is -2.08. The van der Waals surface area contributed by atoms with Crippen molar-refractivity contribution in [2.45, 2.75) is 7.59 Å². The Bertz CT molecular complexity index is 676. The summed E-state index contributed by atoms with van der Waals surface area (Å²) in [6, 6.07) is 4.86. The lowest BCUT2D eigenvalue weighted by molar-refractivity contribution is 1.03. The van der Waals surface area contributed by atoms with Crippen molar-refractivity contribution in [3.05, 3.63) is 53.4 Å². The molecule has 0 aliphatic carbocycles. The molecule has 116 valence electrons. The third kappa shape index (κ3) is 4.85. The maximum Gasteiger partial charge on any atom is 0.216 e. The van der Waals surface area contributed by atoms with Crippen LogP contribution in [0.4, 0.5) is 0 Å². The normalized spacial score (nSPS) is 12.8. The summed E-state index contributed by atoms with van der Waals surface area (Å²) in [5, 5.41) is 0. The van der Waals surface area contributed by atoms with Crippen molar-refractivity contribution < 1.29 is 0 Å². The van der Waals surface area contributed by atoms with Gasteiger partial charge in [-0.25, -0.2) is 15.0 Å². The summed E-state index contributed by atoms with van der Waals surface area (Å²) in [7, 11) is 0. The van der Waals surface area contributed by atoms with Gasteiger partial charge < -0.3 is 0 Å². The smallest absolute Gasteiger partial charge is 0.216 e. The van der Waals surface area contributed by atoms with E-state index in [0.717, 1.165) is 0 Å². The Hall–Kier alpha value is -0.290. The van der Waals surface area contributed by atoms with E-state index in [2.05, 4.69) is 15.0 Å². The second kappa shape index (κ2) is 7.08. The molecule has 0 amide bonds. The van der Waals surface area contributed by atoms with Gasteiger partial charge in [-0.05, 0) is 17.7 Å². The maximum absolute atomic E-state index is 5.99. The minimum atomic E-state index is -1.68. The number of benzene rings is 1. The number of halogens is 6. The molecular weight excluding hydrogens is 411 g/mol. The van der Waals surface area contributed by atoms with E-state index in [1.165, 1.54) is 18.7 Å². The second-order valence-electron chi connectivity index (χ2n) is 4.13. The average molecular weight is 418 g/mol. The van der Waals surface area contributed by atoms with E-state index in [4.69, 9.17) is 69.6 Å². The van der Waals surface area contributed by atoms with Crippen molar-refractivity contribution in [1.29, 1.82) is 0 Å². The van der Waals surface area contributed by atoms with Crippen molar-refractivity contribution >= 4 is 81.8 Å². The molecule has 22 heavy (non-hydrogen) atoms. The zero-order valence-corrected chi connectivity index (χ0v) is 15.2. The molecule has 0 saturated heterocycles. The number of alkyl halides is 6. The molecule has 0 bridgehead atoms. The molecule has 3 nitrogen and oxygen atoms in total. The Morgan fingerprint density at radius 2 is 1.45 bits per heavy atom. The molecule has 0 saturated carbocycles. The standard InChI is InChI=1S/C13H7Cl6N3/c14-12(15,16)9-3-1-8(10(5-9)13(17,18)19)2-4-11-21-6-20-7-22-11/h1-7H. The van der Waals surface area contributed by atoms with Gasteiger partial charge in [-0.15, -0.1) is 0 Å². The lowest BCUT2D eigenvalue weighted by atomic mass is 10.0. The van der Waals surface area contributed by atoms with Crippen LogP contribution in [0.25, 0.3) is 12.2 Å². The quantitative estimate of drug-likeness (QED) is 0.588. The first-order valence-corrected chi connectivity index (χ1v) is 8.03. The van der Waals surface area contributed by atoms with E-state index in [1.807, 2.05) is 0 Å². The van der Waals surface area contributed by atoms with Crippen LogP contribution < -0.4 is 0 Å². The lowest BCUT2D eigenvalue weighted by Gasteiger charge is -2.19. The second-order valence-corrected chi connectivity index (χ2v) is 8.69. The highest BCUT2D eigenvalue weighted by atomic mass is 35.6. The molecule has 0 unspecified atom stereocenters. The third-order valence-corrected chi connectivity index (χ3v) is 3.88. The molecule has 2 rings (SSSR count). The van der Waals surface area contributed by atoms with Crippen LogP contribution in [0, 0.1) is 0 Å². The van der Waals surface area contributed by atoms with Gasteiger partial charge in [0, 0.05) is 11.1 Å². The maximum atomic E-state index is 5.99.